The molecule has 0 saturated heterocycles. The first-order chi connectivity index (χ1) is 12.5. The van der Waals surface area contributed by atoms with E-state index in [1.807, 2.05) is 0 Å². The number of para-hydroxylation sites is 2. The van der Waals surface area contributed by atoms with Crippen molar-refractivity contribution in [2.24, 2.45) is 0 Å². The number of esters is 2. The molecule has 0 heterocycles. The van der Waals surface area contributed by atoms with Crippen LogP contribution in [0.2, 0.25) is 0 Å². The van der Waals surface area contributed by atoms with Crippen molar-refractivity contribution in [1.29, 1.82) is 0 Å². The Balaban J connectivity index is 2.12. The van der Waals surface area contributed by atoms with Crippen molar-refractivity contribution < 1.29 is 38.4 Å². The van der Waals surface area contributed by atoms with Gasteiger partial charge in [0.2, 0.25) is 12.2 Å². The van der Waals surface area contributed by atoms with Crippen LogP contribution in [-0.4, -0.2) is 42.5 Å². The lowest BCUT2D eigenvalue weighted by atomic mass is 10.2. The predicted molar refractivity (Wildman–Crippen MR) is 87.4 cm³/mol. The number of benzene rings is 2. The summed E-state index contributed by atoms with van der Waals surface area (Å²) in [6.07, 6.45) is -5.36. The van der Waals surface area contributed by atoms with Crippen molar-refractivity contribution in [3.63, 3.8) is 0 Å². The minimum Gasteiger partial charge on any atom is -0.438 e. The Kier molecular flexibility index (Phi) is 6.69. The Morgan fingerprint density at radius 1 is 0.808 bits per heavy atom. The molecule has 0 fully saturated rings. The van der Waals surface area contributed by atoms with Crippen LogP contribution in [0.1, 0.15) is 0 Å². The van der Waals surface area contributed by atoms with Gasteiger partial charge in [0.15, 0.2) is 0 Å². The van der Waals surface area contributed by atoms with Gasteiger partial charge in [0.25, 0.3) is 0 Å². The zero-order valence-electron chi connectivity index (χ0n) is 13.7. The van der Waals surface area contributed by atoms with Gasteiger partial charge in [-0.1, -0.05) is 36.4 Å². The van der Waals surface area contributed by atoms with Crippen LogP contribution in [0.5, 0.6) is 11.5 Å². The summed E-state index contributed by atoms with van der Waals surface area (Å²) in [7, 11) is 1.01. The maximum Gasteiger partial charge on any atom is 0.508 e. The summed E-state index contributed by atoms with van der Waals surface area (Å²) in [4.78, 5) is 35.7. The van der Waals surface area contributed by atoms with Crippen LogP contribution in [0, 0.1) is 0 Å². The predicted octanol–water partition coefficient (Wildman–Crippen LogP) is 1.71. The van der Waals surface area contributed by atoms with Crippen molar-refractivity contribution >= 4 is 18.1 Å². The highest BCUT2D eigenvalue weighted by Crippen LogP contribution is 2.15. The smallest absolute Gasteiger partial charge is 0.438 e. The van der Waals surface area contributed by atoms with E-state index in [4.69, 9.17) is 9.47 Å². The fourth-order valence-corrected chi connectivity index (χ4v) is 1.84. The van der Waals surface area contributed by atoms with Gasteiger partial charge in [-0.25, -0.2) is 14.4 Å². The highest BCUT2D eigenvalue weighted by molar-refractivity contribution is 5.88. The van der Waals surface area contributed by atoms with E-state index < -0.39 is 30.3 Å². The molecule has 136 valence electrons. The minimum absolute atomic E-state index is 0.139. The first-order valence-corrected chi connectivity index (χ1v) is 7.47. The van der Waals surface area contributed by atoms with Crippen molar-refractivity contribution in [2.75, 3.05) is 7.11 Å². The van der Waals surface area contributed by atoms with Gasteiger partial charge < -0.3 is 24.1 Å². The van der Waals surface area contributed by atoms with Gasteiger partial charge in [0.05, 0.1) is 7.11 Å². The van der Waals surface area contributed by atoms with E-state index in [2.05, 4.69) is 9.47 Å². The number of carbonyl (C=O) groups excluding carboxylic acids is 3. The molecule has 0 saturated carbocycles. The largest absolute Gasteiger partial charge is 0.508 e. The fraction of sp³-hybridized carbons (Fsp3) is 0.167. The van der Waals surface area contributed by atoms with E-state index in [1.54, 1.807) is 36.4 Å². The van der Waals surface area contributed by atoms with Crippen molar-refractivity contribution in [3.8, 4) is 11.5 Å². The Morgan fingerprint density at radius 3 is 1.73 bits per heavy atom. The first kappa shape index (κ1) is 18.9. The van der Waals surface area contributed by atoms with Gasteiger partial charge in [-0.15, -0.1) is 0 Å². The summed E-state index contributed by atoms with van der Waals surface area (Å²) >= 11 is 0. The van der Waals surface area contributed by atoms with Crippen molar-refractivity contribution in [1.82, 2.24) is 0 Å². The summed E-state index contributed by atoms with van der Waals surface area (Å²) in [6.45, 7) is 0. The van der Waals surface area contributed by atoms with Crippen LogP contribution in [0.4, 0.5) is 4.79 Å². The number of hydrogen-bond donors (Lipinski definition) is 1. The van der Waals surface area contributed by atoms with Gasteiger partial charge in [0.1, 0.15) is 11.5 Å². The Hall–Kier alpha value is -3.39. The molecule has 0 amide bonds. The van der Waals surface area contributed by atoms with E-state index in [0.29, 0.717) is 0 Å². The van der Waals surface area contributed by atoms with Gasteiger partial charge in [-0.3, -0.25) is 0 Å². The van der Waals surface area contributed by atoms with Crippen LogP contribution in [0.15, 0.2) is 60.7 Å². The number of ether oxygens (including phenoxy) is 4. The Bertz CT molecular complexity index is 744. The normalized spacial score (nSPS) is 12.4. The van der Waals surface area contributed by atoms with E-state index in [9.17, 15) is 19.5 Å². The van der Waals surface area contributed by atoms with Crippen LogP contribution >= 0.6 is 0 Å². The van der Waals surface area contributed by atoms with E-state index >= 15 is 0 Å². The third-order valence-electron chi connectivity index (χ3n) is 3.07. The van der Waals surface area contributed by atoms with Crippen LogP contribution in [0.3, 0.4) is 0 Å². The second-order valence-corrected chi connectivity index (χ2v) is 4.91. The molecule has 0 aliphatic rings. The topological polar surface area (TPSA) is 108 Å². The molecule has 0 bridgehead atoms. The lowest BCUT2D eigenvalue weighted by Crippen LogP contribution is -2.46. The standard InChI is InChI=1S/C18H16O8/c1-23-18(22)26-15(17(21)25-13-10-6-3-7-11-13)14(19)16(20)24-12-8-4-2-5-9-12/h2-11,14-15,19H,1H3. The average Bonchev–Trinajstić information content (AvgIpc) is 2.66. The van der Waals surface area contributed by atoms with Crippen LogP contribution in [-0.2, 0) is 19.1 Å². The molecule has 1 N–H and O–H groups in total. The lowest BCUT2D eigenvalue weighted by Gasteiger charge is -2.19. The number of methoxy groups -OCH3 is 1. The van der Waals surface area contributed by atoms with Gasteiger partial charge in [-0.2, -0.15) is 0 Å². The molecule has 2 aromatic carbocycles. The van der Waals surface area contributed by atoms with Crippen LogP contribution < -0.4 is 9.47 Å². The summed E-state index contributed by atoms with van der Waals surface area (Å²) < 4.78 is 18.9. The first-order valence-electron chi connectivity index (χ1n) is 7.47. The van der Waals surface area contributed by atoms with Crippen molar-refractivity contribution in [3.05, 3.63) is 60.7 Å². The zero-order chi connectivity index (χ0) is 18.9. The minimum atomic E-state index is -2.12. The van der Waals surface area contributed by atoms with Gasteiger partial charge in [0, 0.05) is 0 Å². The molecular formula is C18H16O8. The summed E-state index contributed by atoms with van der Waals surface area (Å²) in [5.74, 6) is -2.08. The fourth-order valence-electron chi connectivity index (χ4n) is 1.84. The second kappa shape index (κ2) is 9.19. The number of carbonyl (C=O) groups is 3. The molecule has 2 rings (SSSR count). The Labute approximate surface area is 148 Å². The lowest BCUT2D eigenvalue weighted by molar-refractivity contribution is -0.164. The maximum absolute atomic E-state index is 12.2. The molecule has 0 spiro atoms. The third kappa shape index (κ3) is 5.32. The zero-order valence-corrected chi connectivity index (χ0v) is 13.7. The van der Waals surface area contributed by atoms with Gasteiger partial charge >= 0.3 is 18.1 Å². The monoisotopic (exact) mass is 360 g/mol. The average molecular weight is 360 g/mol. The molecular weight excluding hydrogens is 344 g/mol. The molecule has 0 aromatic heterocycles. The highest BCUT2D eigenvalue weighted by Gasteiger charge is 2.39. The molecule has 2 unspecified atom stereocenters. The molecule has 2 aromatic rings. The number of hydrogen-bond acceptors (Lipinski definition) is 8. The highest BCUT2D eigenvalue weighted by atomic mass is 16.7. The van der Waals surface area contributed by atoms with Gasteiger partial charge in [-0.05, 0) is 24.3 Å². The van der Waals surface area contributed by atoms with Crippen LogP contribution in [0.25, 0.3) is 0 Å². The molecule has 2 atom stereocenters. The molecule has 0 aliphatic heterocycles. The molecule has 0 radical (unpaired) electrons. The SMILES string of the molecule is COC(=O)OC(C(=O)Oc1ccccc1)C(O)C(=O)Oc1ccccc1. The summed E-state index contributed by atoms with van der Waals surface area (Å²) in [5.41, 5.74) is 0. The molecule has 8 heteroatoms. The Morgan fingerprint density at radius 2 is 1.27 bits per heavy atom. The summed E-state index contributed by atoms with van der Waals surface area (Å²) in [6, 6.07) is 15.7. The number of aliphatic hydroxyl groups excluding tert-OH is 1. The maximum atomic E-state index is 12.2. The molecule has 26 heavy (non-hydrogen) atoms. The molecule has 0 aliphatic carbocycles. The van der Waals surface area contributed by atoms with Crippen molar-refractivity contribution in [2.45, 2.75) is 12.2 Å². The van der Waals surface area contributed by atoms with E-state index in [0.717, 1.165) is 7.11 Å². The van der Waals surface area contributed by atoms with E-state index in [-0.39, 0.29) is 11.5 Å². The third-order valence-corrected chi connectivity index (χ3v) is 3.07. The second-order valence-electron chi connectivity index (χ2n) is 4.91. The molecule has 8 nitrogen and oxygen atoms in total. The van der Waals surface area contributed by atoms with E-state index in [1.165, 1.54) is 24.3 Å². The summed E-state index contributed by atoms with van der Waals surface area (Å²) in [5, 5.41) is 10.1. The number of rotatable bonds is 6. The quantitative estimate of drug-likeness (QED) is 0.613. The number of aliphatic hydroxyl groups is 1.